The van der Waals surface area contributed by atoms with Crippen LogP contribution in [0.3, 0.4) is 0 Å². The Hall–Kier alpha value is -3.44. The number of cyclic esters (lactones) is 1. The van der Waals surface area contributed by atoms with Crippen molar-refractivity contribution < 1.29 is 19.1 Å². The van der Waals surface area contributed by atoms with Gasteiger partial charge < -0.3 is 14.8 Å². The van der Waals surface area contributed by atoms with E-state index in [0.717, 1.165) is 16.7 Å². The predicted octanol–water partition coefficient (Wildman–Crippen LogP) is 4.01. The summed E-state index contributed by atoms with van der Waals surface area (Å²) in [6.45, 7) is 2.57. The van der Waals surface area contributed by atoms with Crippen molar-refractivity contribution in [2.75, 3.05) is 6.61 Å². The smallest absolute Gasteiger partial charge is 0.348 e. The minimum absolute atomic E-state index is 0.117. The van der Waals surface area contributed by atoms with Crippen LogP contribution >= 0.6 is 0 Å². The molecule has 0 bridgehead atoms. The first-order valence-electron chi connectivity index (χ1n) is 10.9. The van der Waals surface area contributed by atoms with Gasteiger partial charge in [-0.1, -0.05) is 97.9 Å². The van der Waals surface area contributed by atoms with Crippen molar-refractivity contribution in [3.63, 3.8) is 0 Å². The van der Waals surface area contributed by atoms with Crippen molar-refractivity contribution in [3.05, 3.63) is 108 Å². The Bertz CT molecular complexity index is 998. The summed E-state index contributed by atoms with van der Waals surface area (Å²) >= 11 is 0. The van der Waals surface area contributed by atoms with Gasteiger partial charge in [0.1, 0.15) is 18.1 Å². The Morgan fingerprint density at radius 2 is 1.50 bits per heavy atom. The van der Waals surface area contributed by atoms with Crippen molar-refractivity contribution in [2.45, 2.75) is 37.5 Å². The monoisotopic (exact) mass is 429 g/mol. The van der Waals surface area contributed by atoms with Gasteiger partial charge in [-0.05, 0) is 23.1 Å². The van der Waals surface area contributed by atoms with Crippen molar-refractivity contribution >= 4 is 11.9 Å². The maximum Gasteiger partial charge on any atom is 0.348 e. The fraction of sp³-hybridized carbons (Fsp3) is 0.259. The summed E-state index contributed by atoms with van der Waals surface area (Å²) in [5, 5.41) is 3.25. The van der Waals surface area contributed by atoms with Gasteiger partial charge in [0.15, 0.2) is 0 Å². The van der Waals surface area contributed by atoms with Crippen LogP contribution in [0.2, 0.25) is 0 Å². The highest BCUT2D eigenvalue weighted by Crippen LogP contribution is 2.42. The Kier molecular flexibility index (Phi) is 6.66. The molecule has 1 aliphatic heterocycles. The fourth-order valence-corrected chi connectivity index (χ4v) is 4.22. The third-order valence-corrected chi connectivity index (χ3v) is 6.00. The molecule has 0 spiro atoms. The molecule has 1 heterocycles. The minimum atomic E-state index is -1.06. The summed E-state index contributed by atoms with van der Waals surface area (Å²) in [5.41, 5.74) is 1.93. The average molecular weight is 430 g/mol. The highest BCUT2D eigenvalue weighted by Gasteiger charge is 2.55. The Balaban J connectivity index is 1.61. The van der Waals surface area contributed by atoms with Gasteiger partial charge in [-0.3, -0.25) is 4.79 Å². The number of rotatable bonds is 8. The van der Waals surface area contributed by atoms with Crippen molar-refractivity contribution in [1.82, 2.24) is 5.32 Å². The molecule has 0 aliphatic carbocycles. The molecule has 1 unspecified atom stereocenters. The Labute approximate surface area is 188 Å². The van der Waals surface area contributed by atoms with Gasteiger partial charge >= 0.3 is 11.9 Å². The third kappa shape index (κ3) is 4.30. The number of nitrogens with one attached hydrogen (secondary N) is 1. The number of ether oxygens (including phenoxy) is 2. The summed E-state index contributed by atoms with van der Waals surface area (Å²) in [5.74, 6) is -0.979. The molecule has 1 saturated heterocycles. The standard InChI is InChI=1S/C27H27NO4/c1-2-23(28-18-20-12-6-3-7-13-20)25(29)32-24-26(30)31-19-27(24,21-14-8-4-9-15-21)22-16-10-5-11-17-22/h3-17,23-24,28H,2,18-19H2,1H3/t23-,24?/m0/s1. The van der Waals surface area contributed by atoms with E-state index in [9.17, 15) is 9.59 Å². The number of esters is 2. The molecule has 0 radical (unpaired) electrons. The first kappa shape index (κ1) is 21.8. The van der Waals surface area contributed by atoms with Crippen molar-refractivity contribution in [1.29, 1.82) is 0 Å². The molecule has 4 rings (SSSR count). The van der Waals surface area contributed by atoms with E-state index in [2.05, 4.69) is 5.32 Å². The lowest BCUT2D eigenvalue weighted by molar-refractivity contribution is -0.163. The molecule has 1 aliphatic rings. The van der Waals surface area contributed by atoms with E-state index in [1.165, 1.54) is 0 Å². The number of carbonyl (C=O) groups is 2. The molecule has 0 amide bonds. The molecule has 3 aromatic carbocycles. The van der Waals surface area contributed by atoms with E-state index in [1.54, 1.807) is 0 Å². The van der Waals surface area contributed by atoms with Crippen LogP contribution in [-0.2, 0) is 31.0 Å². The predicted molar refractivity (Wildman–Crippen MR) is 122 cm³/mol. The lowest BCUT2D eigenvalue weighted by Crippen LogP contribution is -2.47. The van der Waals surface area contributed by atoms with Crippen molar-refractivity contribution in [2.24, 2.45) is 0 Å². The zero-order chi connectivity index (χ0) is 22.4. The number of benzene rings is 3. The second kappa shape index (κ2) is 9.79. The van der Waals surface area contributed by atoms with Crippen LogP contribution < -0.4 is 5.32 Å². The molecular formula is C27H27NO4. The second-order valence-corrected chi connectivity index (χ2v) is 7.96. The molecule has 1 N–H and O–H groups in total. The summed E-state index contributed by atoms with van der Waals surface area (Å²) in [6.07, 6.45) is -0.524. The largest absolute Gasteiger partial charge is 0.461 e. The van der Waals surface area contributed by atoms with E-state index in [0.29, 0.717) is 13.0 Å². The van der Waals surface area contributed by atoms with Crippen LogP contribution in [0, 0.1) is 0 Å². The average Bonchev–Trinajstić information content (AvgIpc) is 3.18. The summed E-state index contributed by atoms with van der Waals surface area (Å²) in [7, 11) is 0. The van der Waals surface area contributed by atoms with E-state index in [-0.39, 0.29) is 6.61 Å². The van der Waals surface area contributed by atoms with Gasteiger partial charge in [0.25, 0.3) is 0 Å². The highest BCUT2D eigenvalue weighted by atomic mass is 16.6. The summed E-state index contributed by atoms with van der Waals surface area (Å²) < 4.78 is 11.4. The lowest BCUT2D eigenvalue weighted by Gasteiger charge is -2.33. The van der Waals surface area contributed by atoms with Crippen LogP contribution in [0.5, 0.6) is 0 Å². The number of carbonyl (C=O) groups excluding carboxylic acids is 2. The fourth-order valence-electron chi connectivity index (χ4n) is 4.22. The first-order valence-corrected chi connectivity index (χ1v) is 10.9. The molecule has 32 heavy (non-hydrogen) atoms. The Morgan fingerprint density at radius 3 is 2.03 bits per heavy atom. The molecule has 3 aromatic rings. The Morgan fingerprint density at radius 1 is 0.969 bits per heavy atom. The third-order valence-electron chi connectivity index (χ3n) is 6.00. The molecule has 0 aromatic heterocycles. The summed E-state index contributed by atoms with van der Waals surface area (Å²) in [6, 6.07) is 28.6. The quantitative estimate of drug-likeness (QED) is 0.548. The zero-order valence-electron chi connectivity index (χ0n) is 18.1. The van der Waals surface area contributed by atoms with Gasteiger partial charge in [0.2, 0.25) is 6.10 Å². The SMILES string of the molecule is CC[C@H](NCc1ccccc1)C(=O)OC1C(=O)OCC1(c1ccccc1)c1ccccc1. The second-order valence-electron chi connectivity index (χ2n) is 7.96. The number of hydrogen-bond acceptors (Lipinski definition) is 5. The van der Waals surface area contributed by atoms with Crippen LogP contribution in [-0.4, -0.2) is 30.7 Å². The zero-order valence-corrected chi connectivity index (χ0v) is 18.1. The highest BCUT2D eigenvalue weighted by molar-refractivity contribution is 5.86. The molecule has 164 valence electrons. The van der Waals surface area contributed by atoms with Crippen LogP contribution in [0.15, 0.2) is 91.0 Å². The minimum Gasteiger partial charge on any atom is -0.461 e. The van der Waals surface area contributed by atoms with Gasteiger partial charge in [0, 0.05) is 6.54 Å². The normalized spacial score (nSPS) is 18.0. The van der Waals surface area contributed by atoms with Gasteiger partial charge in [-0.25, -0.2) is 4.79 Å². The van der Waals surface area contributed by atoms with Crippen LogP contribution in [0.25, 0.3) is 0 Å². The maximum atomic E-state index is 13.2. The topological polar surface area (TPSA) is 64.6 Å². The molecule has 1 fully saturated rings. The van der Waals surface area contributed by atoms with Crippen LogP contribution in [0.4, 0.5) is 0 Å². The molecule has 5 nitrogen and oxygen atoms in total. The first-order chi connectivity index (χ1) is 15.6. The van der Waals surface area contributed by atoms with Gasteiger partial charge in [-0.2, -0.15) is 0 Å². The maximum absolute atomic E-state index is 13.2. The van der Waals surface area contributed by atoms with Crippen LogP contribution in [0.1, 0.15) is 30.0 Å². The van der Waals surface area contributed by atoms with E-state index >= 15 is 0 Å². The van der Waals surface area contributed by atoms with Gasteiger partial charge in [-0.15, -0.1) is 0 Å². The molecular weight excluding hydrogens is 402 g/mol. The molecule has 5 heteroatoms. The number of hydrogen-bond donors (Lipinski definition) is 1. The van der Waals surface area contributed by atoms with Gasteiger partial charge in [0.05, 0.1) is 0 Å². The summed E-state index contributed by atoms with van der Waals surface area (Å²) in [4.78, 5) is 26.0. The van der Waals surface area contributed by atoms with E-state index < -0.39 is 29.5 Å². The lowest BCUT2D eigenvalue weighted by atomic mass is 9.72. The van der Waals surface area contributed by atoms with E-state index in [4.69, 9.17) is 9.47 Å². The van der Waals surface area contributed by atoms with Crippen molar-refractivity contribution in [3.8, 4) is 0 Å². The van der Waals surface area contributed by atoms with E-state index in [1.807, 2.05) is 97.9 Å². The molecule has 0 saturated carbocycles. The molecule has 2 atom stereocenters.